The van der Waals surface area contributed by atoms with Crippen LogP contribution < -0.4 is 10.9 Å². The predicted molar refractivity (Wildman–Crippen MR) is 173 cm³/mol. The fourth-order valence-corrected chi connectivity index (χ4v) is 6.67. The fourth-order valence-electron chi connectivity index (χ4n) is 6.67. The topological polar surface area (TPSA) is 127 Å². The number of likely N-dealkylation sites (tertiary alicyclic amines) is 1. The number of carbonyl (C=O) groups is 2. The number of benzene rings is 2. The Kier molecular flexibility index (Phi) is 9.47. The number of aromatic nitrogens is 4. The molecule has 2 aromatic heterocycles. The zero-order valence-electron chi connectivity index (χ0n) is 27.1. The number of hydrogen-bond acceptors (Lipinski definition) is 7. The van der Waals surface area contributed by atoms with E-state index in [9.17, 15) is 32.8 Å². The zero-order chi connectivity index (χ0) is 34.9. The highest BCUT2D eigenvalue weighted by atomic mass is 19.4. The number of halogens is 3. The minimum Gasteiger partial charge on any atom is -0.462 e. The summed E-state index contributed by atoms with van der Waals surface area (Å²) in [6.45, 7) is 1.75. The number of alkyl halides is 3. The molecule has 0 unspecified atom stereocenters. The first-order valence-electron chi connectivity index (χ1n) is 16.2. The van der Waals surface area contributed by atoms with Crippen LogP contribution >= 0.6 is 0 Å². The number of nitrogens with one attached hydrogen (secondary N) is 1. The second-order valence-corrected chi connectivity index (χ2v) is 12.7. The summed E-state index contributed by atoms with van der Waals surface area (Å²) in [4.78, 5) is 43.2. The van der Waals surface area contributed by atoms with Crippen LogP contribution in [-0.2, 0) is 22.8 Å². The van der Waals surface area contributed by atoms with E-state index >= 15 is 0 Å². The highest BCUT2D eigenvalue weighted by Crippen LogP contribution is 2.32. The molecular formula is C35H36F3N7O4. The van der Waals surface area contributed by atoms with Crippen molar-refractivity contribution >= 4 is 11.9 Å². The molecule has 1 aliphatic carbocycles. The van der Waals surface area contributed by atoms with E-state index in [0.29, 0.717) is 42.6 Å². The molecule has 1 saturated carbocycles. The molecule has 2 aromatic carbocycles. The molecule has 4 aromatic rings. The number of amides is 1. The van der Waals surface area contributed by atoms with Crippen LogP contribution in [0.15, 0.2) is 65.6 Å². The molecule has 0 spiro atoms. The van der Waals surface area contributed by atoms with Gasteiger partial charge in [-0.3, -0.25) is 19.1 Å². The van der Waals surface area contributed by atoms with Gasteiger partial charge in [0.2, 0.25) is 0 Å². The van der Waals surface area contributed by atoms with Gasteiger partial charge in [0.05, 0.1) is 46.4 Å². The number of esters is 1. The van der Waals surface area contributed by atoms with Crippen LogP contribution in [0.25, 0.3) is 22.8 Å². The van der Waals surface area contributed by atoms with Gasteiger partial charge < -0.3 is 15.0 Å². The lowest BCUT2D eigenvalue weighted by Crippen LogP contribution is -2.41. The van der Waals surface area contributed by atoms with Crippen LogP contribution in [0.5, 0.6) is 0 Å². The van der Waals surface area contributed by atoms with Crippen LogP contribution in [0, 0.1) is 17.2 Å². The van der Waals surface area contributed by atoms with Crippen molar-refractivity contribution in [3.63, 3.8) is 0 Å². The van der Waals surface area contributed by atoms with E-state index < -0.39 is 23.2 Å². The summed E-state index contributed by atoms with van der Waals surface area (Å²) in [6.07, 6.45) is 0.348. The Bertz CT molecular complexity index is 1940. The van der Waals surface area contributed by atoms with E-state index in [1.807, 2.05) is 7.05 Å². The monoisotopic (exact) mass is 675 g/mol. The van der Waals surface area contributed by atoms with Gasteiger partial charge in [0.15, 0.2) is 0 Å². The SMILES string of the molecule is CN1CCC(OC(=O)[C@H]2CC[C@H](NC(=O)c3c(-c4ccnn4-c4ccc(C#N)cc4)n(C)n(-c4cccc(C(F)(F)F)c4)c3=O)CC2)CC1. The number of ether oxygens (including phenoxy) is 1. The largest absolute Gasteiger partial charge is 0.462 e. The van der Waals surface area contributed by atoms with Gasteiger partial charge in [-0.2, -0.15) is 23.5 Å². The summed E-state index contributed by atoms with van der Waals surface area (Å²) in [5.41, 5.74) is -0.662. The Hall–Kier alpha value is -5.16. The molecule has 14 heteroatoms. The molecule has 1 N–H and O–H groups in total. The van der Waals surface area contributed by atoms with Gasteiger partial charge in [-0.05, 0) is 94.1 Å². The normalized spacial score (nSPS) is 18.9. The molecule has 0 bridgehead atoms. The van der Waals surface area contributed by atoms with E-state index in [2.05, 4.69) is 21.4 Å². The molecule has 1 aliphatic heterocycles. The quantitative estimate of drug-likeness (QED) is 0.278. The van der Waals surface area contributed by atoms with E-state index in [-0.39, 0.29) is 41.0 Å². The van der Waals surface area contributed by atoms with Gasteiger partial charge >= 0.3 is 12.1 Å². The molecule has 2 aliphatic rings. The average Bonchev–Trinajstić information content (AvgIpc) is 3.67. The molecule has 0 radical (unpaired) electrons. The molecule has 256 valence electrons. The minimum atomic E-state index is -4.65. The summed E-state index contributed by atoms with van der Waals surface area (Å²) in [6, 6.07) is 14.2. The third kappa shape index (κ3) is 7.03. The van der Waals surface area contributed by atoms with E-state index in [1.165, 1.54) is 34.7 Å². The fraction of sp³-hybridized carbons (Fsp3) is 0.400. The Balaban J connectivity index is 1.30. The van der Waals surface area contributed by atoms with Gasteiger partial charge in [0, 0.05) is 26.2 Å². The zero-order valence-corrected chi connectivity index (χ0v) is 27.1. The second-order valence-electron chi connectivity index (χ2n) is 12.7. The first-order chi connectivity index (χ1) is 23.4. The van der Waals surface area contributed by atoms with Gasteiger partial charge in [0.1, 0.15) is 17.4 Å². The Morgan fingerprint density at radius 2 is 1.65 bits per heavy atom. The molecule has 11 nitrogen and oxygen atoms in total. The number of nitriles is 1. The second kappa shape index (κ2) is 13.8. The molecule has 2 fully saturated rings. The number of rotatable bonds is 7. The van der Waals surface area contributed by atoms with Crippen molar-refractivity contribution in [2.24, 2.45) is 13.0 Å². The summed E-state index contributed by atoms with van der Waals surface area (Å²) in [7, 11) is 3.53. The van der Waals surface area contributed by atoms with Crippen LogP contribution in [0.3, 0.4) is 0 Å². The maximum Gasteiger partial charge on any atom is 0.416 e. The van der Waals surface area contributed by atoms with Crippen molar-refractivity contribution in [1.82, 2.24) is 29.4 Å². The van der Waals surface area contributed by atoms with Crippen molar-refractivity contribution in [3.05, 3.63) is 87.8 Å². The Morgan fingerprint density at radius 3 is 2.31 bits per heavy atom. The molecule has 3 heterocycles. The lowest BCUT2D eigenvalue weighted by atomic mass is 9.86. The highest BCUT2D eigenvalue weighted by molar-refractivity contribution is 6.00. The van der Waals surface area contributed by atoms with Crippen LogP contribution in [0.2, 0.25) is 0 Å². The molecule has 6 rings (SSSR count). The number of carbonyl (C=O) groups excluding carboxylic acids is 2. The van der Waals surface area contributed by atoms with Crippen molar-refractivity contribution < 1.29 is 27.5 Å². The molecular weight excluding hydrogens is 639 g/mol. The smallest absolute Gasteiger partial charge is 0.416 e. The first-order valence-corrected chi connectivity index (χ1v) is 16.2. The maximum atomic E-state index is 14.1. The summed E-state index contributed by atoms with van der Waals surface area (Å²) in [5.74, 6) is -1.18. The average molecular weight is 676 g/mol. The maximum absolute atomic E-state index is 14.1. The lowest BCUT2D eigenvalue weighted by Gasteiger charge is -2.32. The lowest BCUT2D eigenvalue weighted by molar-refractivity contribution is -0.157. The predicted octanol–water partition coefficient (Wildman–Crippen LogP) is 4.85. The first kappa shape index (κ1) is 33.7. The van der Waals surface area contributed by atoms with E-state index in [1.54, 1.807) is 30.3 Å². The van der Waals surface area contributed by atoms with Gasteiger partial charge in [-0.1, -0.05) is 6.07 Å². The number of hydrogen-bond donors (Lipinski definition) is 1. The van der Waals surface area contributed by atoms with Crippen molar-refractivity contribution in [2.45, 2.75) is 56.8 Å². The van der Waals surface area contributed by atoms with Gasteiger partial charge in [-0.15, -0.1) is 0 Å². The third-order valence-corrected chi connectivity index (χ3v) is 9.38. The summed E-state index contributed by atoms with van der Waals surface area (Å²) < 4.78 is 50.7. The minimum absolute atomic E-state index is 0.0734. The Morgan fingerprint density at radius 1 is 0.959 bits per heavy atom. The van der Waals surface area contributed by atoms with Crippen LogP contribution in [0.1, 0.15) is 60.0 Å². The van der Waals surface area contributed by atoms with Crippen molar-refractivity contribution in [1.29, 1.82) is 5.26 Å². The number of piperidine rings is 1. The number of nitrogens with zero attached hydrogens (tertiary/aromatic N) is 6. The molecule has 0 atom stereocenters. The van der Waals surface area contributed by atoms with E-state index in [0.717, 1.165) is 42.7 Å². The summed E-state index contributed by atoms with van der Waals surface area (Å²) in [5, 5.41) is 16.6. The summed E-state index contributed by atoms with van der Waals surface area (Å²) >= 11 is 0. The van der Waals surface area contributed by atoms with Crippen molar-refractivity contribution in [2.75, 3.05) is 20.1 Å². The Labute approximate surface area is 280 Å². The molecule has 1 amide bonds. The van der Waals surface area contributed by atoms with Crippen LogP contribution in [0.4, 0.5) is 13.2 Å². The molecule has 49 heavy (non-hydrogen) atoms. The highest BCUT2D eigenvalue weighted by Gasteiger charge is 2.35. The van der Waals surface area contributed by atoms with Crippen molar-refractivity contribution in [3.8, 4) is 28.8 Å². The standard InChI is InChI=1S/C35H36F3N7O4/c1-42-18-15-28(16-19-42)49-34(48)23-8-10-25(11-9-23)41-32(46)30-31(29-14-17-40-44(29)26-12-6-22(21-39)7-13-26)43(2)45(33(30)47)27-5-3-4-24(20-27)35(36,37)38/h3-7,12-14,17,20,23,25,28H,8-11,15-16,18-19H2,1-2H3,(H,41,46)/t23-,25-. The van der Waals surface area contributed by atoms with Gasteiger partial charge in [-0.25, -0.2) is 9.36 Å². The third-order valence-electron chi connectivity index (χ3n) is 9.38. The van der Waals surface area contributed by atoms with Gasteiger partial charge in [0.25, 0.3) is 11.5 Å². The molecule has 1 saturated heterocycles. The van der Waals surface area contributed by atoms with E-state index in [4.69, 9.17) is 4.74 Å². The van der Waals surface area contributed by atoms with Crippen LogP contribution in [-0.4, -0.2) is 68.2 Å².